The van der Waals surface area contributed by atoms with E-state index in [9.17, 15) is 43.2 Å². The molecule has 0 aliphatic carbocycles. The van der Waals surface area contributed by atoms with E-state index in [1.165, 1.54) is 116 Å². The minimum absolute atomic E-state index is 0.104. The summed E-state index contributed by atoms with van der Waals surface area (Å²) in [5.74, 6) is 0.125. The van der Waals surface area contributed by atoms with Crippen LogP contribution in [0.15, 0.2) is 0 Å². The Morgan fingerprint density at radius 2 is 0.614 bits per heavy atom. The Morgan fingerprint density at radius 1 is 0.349 bits per heavy atom. The van der Waals surface area contributed by atoms with Gasteiger partial charge in [-0.3, -0.25) is 37.3 Å². The smallest absolute Gasteiger partial charge is 0.462 e. The molecule has 0 bridgehead atoms. The highest BCUT2D eigenvalue weighted by molar-refractivity contribution is 7.47. The van der Waals surface area contributed by atoms with Crippen molar-refractivity contribution in [3.63, 3.8) is 0 Å². The minimum Gasteiger partial charge on any atom is -0.462 e. The number of aliphatic hydroxyl groups is 1. The highest BCUT2D eigenvalue weighted by atomic mass is 31.2. The maximum atomic E-state index is 13.0. The van der Waals surface area contributed by atoms with Gasteiger partial charge in [-0.25, -0.2) is 9.13 Å². The molecule has 0 aromatic carbocycles. The van der Waals surface area contributed by atoms with Gasteiger partial charge < -0.3 is 33.8 Å². The van der Waals surface area contributed by atoms with Crippen molar-refractivity contribution in [2.24, 2.45) is 17.8 Å². The van der Waals surface area contributed by atoms with Crippen LogP contribution in [0.5, 0.6) is 0 Å². The highest BCUT2D eigenvalue weighted by Gasteiger charge is 2.30. The third kappa shape index (κ3) is 56.3. The number of phosphoric ester groups is 2. The van der Waals surface area contributed by atoms with Crippen molar-refractivity contribution in [2.75, 3.05) is 39.6 Å². The molecule has 0 heterocycles. The van der Waals surface area contributed by atoms with Crippen molar-refractivity contribution in [3.05, 3.63) is 0 Å². The molecule has 0 aliphatic heterocycles. The van der Waals surface area contributed by atoms with Crippen LogP contribution in [0.1, 0.15) is 312 Å². The molecule has 19 heteroatoms. The van der Waals surface area contributed by atoms with E-state index >= 15 is 0 Å². The van der Waals surface area contributed by atoms with Gasteiger partial charge in [-0.05, 0) is 43.4 Å². The lowest BCUT2D eigenvalue weighted by atomic mass is 9.99. The Balaban J connectivity index is 5.25. The summed E-state index contributed by atoms with van der Waals surface area (Å²) < 4.78 is 68.0. The van der Waals surface area contributed by atoms with Crippen molar-refractivity contribution in [1.29, 1.82) is 0 Å². The molecule has 0 rings (SSSR count). The van der Waals surface area contributed by atoms with E-state index < -0.39 is 97.5 Å². The maximum absolute atomic E-state index is 13.0. The summed E-state index contributed by atoms with van der Waals surface area (Å²) in [6.45, 7) is 11.7. The van der Waals surface area contributed by atoms with Crippen LogP contribution in [0.4, 0.5) is 0 Å². The second-order valence-electron chi connectivity index (χ2n) is 24.1. The number of carbonyl (C=O) groups excluding carboxylic acids is 4. The van der Waals surface area contributed by atoms with E-state index in [0.717, 1.165) is 114 Å². The van der Waals surface area contributed by atoms with Crippen LogP contribution in [0.2, 0.25) is 0 Å². The fourth-order valence-electron chi connectivity index (χ4n) is 9.42. The number of hydrogen-bond donors (Lipinski definition) is 3. The first kappa shape index (κ1) is 81.1. The molecule has 492 valence electrons. The first-order chi connectivity index (χ1) is 39.8. The number of aliphatic hydroxyl groups excluding tert-OH is 1. The average Bonchev–Trinajstić information content (AvgIpc) is 3.45. The Labute approximate surface area is 505 Å². The van der Waals surface area contributed by atoms with Crippen molar-refractivity contribution < 1.29 is 80.2 Å². The second kappa shape index (κ2) is 55.4. The van der Waals surface area contributed by atoms with Gasteiger partial charge in [0, 0.05) is 25.7 Å². The molecule has 0 saturated heterocycles. The summed E-state index contributed by atoms with van der Waals surface area (Å²) in [7, 11) is -9.89. The van der Waals surface area contributed by atoms with Crippen LogP contribution in [-0.2, 0) is 65.4 Å². The highest BCUT2D eigenvalue weighted by Crippen LogP contribution is 2.45. The molecule has 0 aromatic rings. The van der Waals surface area contributed by atoms with E-state index in [0.29, 0.717) is 25.7 Å². The lowest BCUT2D eigenvalue weighted by Gasteiger charge is -2.21. The van der Waals surface area contributed by atoms with Crippen molar-refractivity contribution in [1.82, 2.24) is 0 Å². The van der Waals surface area contributed by atoms with Gasteiger partial charge in [0.15, 0.2) is 12.2 Å². The molecular formula is C64H124O17P2. The predicted octanol–water partition coefficient (Wildman–Crippen LogP) is 17.5. The molecule has 0 aromatic heterocycles. The number of unbranched alkanes of at least 4 members (excludes halogenated alkanes) is 28. The standard InChI is InChI=1S/C64H124O17P2/c1-8-11-12-13-14-24-31-38-45-61(66)74-51-59(80-63(68)47-40-33-26-18-15-21-28-35-42-55(4)5)53-78-82(70,71)76-49-58(65)50-77-83(72,73)79-54-60(81-64(69)48-41-34-27-20-17-23-30-37-44-57(7)10-3)52-75-62(67)46-39-32-25-19-16-22-29-36-43-56(6)9-2/h55-60,65H,8-54H2,1-7H3,(H,70,71)(H,72,73)/t56?,57?,58-,59+,60+/m0/s1. The van der Waals surface area contributed by atoms with E-state index in [1.807, 2.05) is 0 Å². The van der Waals surface area contributed by atoms with Gasteiger partial charge in [0.1, 0.15) is 19.3 Å². The molecule has 0 amide bonds. The largest absolute Gasteiger partial charge is 0.472 e. The van der Waals surface area contributed by atoms with E-state index in [4.69, 9.17) is 37.0 Å². The van der Waals surface area contributed by atoms with Gasteiger partial charge >= 0.3 is 39.5 Å². The van der Waals surface area contributed by atoms with Crippen LogP contribution in [0, 0.1) is 17.8 Å². The lowest BCUT2D eigenvalue weighted by molar-refractivity contribution is -0.161. The molecule has 7 atom stereocenters. The number of esters is 4. The quantitative estimate of drug-likeness (QED) is 0.0222. The topological polar surface area (TPSA) is 237 Å². The fraction of sp³-hybridized carbons (Fsp3) is 0.938. The number of carbonyl (C=O) groups is 4. The number of phosphoric acid groups is 2. The predicted molar refractivity (Wildman–Crippen MR) is 331 cm³/mol. The molecule has 83 heavy (non-hydrogen) atoms. The van der Waals surface area contributed by atoms with Gasteiger partial charge in [0.2, 0.25) is 0 Å². The summed E-state index contributed by atoms with van der Waals surface area (Å²) in [6.07, 6.45) is 36.2. The second-order valence-corrected chi connectivity index (χ2v) is 27.0. The van der Waals surface area contributed by atoms with Gasteiger partial charge in [0.25, 0.3) is 0 Å². The first-order valence-electron chi connectivity index (χ1n) is 33.4. The molecule has 0 spiro atoms. The number of rotatable bonds is 62. The van der Waals surface area contributed by atoms with Crippen molar-refractivity contribution in [3.8, 4) is 0 Å². The van der Waals surface area contributed by atoms with Crippen molar-refractivity contribution in [2.45, 2.75) is 330 Å². The summed E-state index contributed by atoms with van der Waals surface area (Å²) in [6, 6.07) is 0. The number of ether oxygens (including phenoxy) is 4. The van der Waals surface area contributed by atoms with Gasteiger partial charge in [0.05, 0.1) is 26.4 Å². The van der Waals surface area contributed by atoms with Crippen LogP contribution < -0.4 is 0 Å². The minimum atomic E-state index is -4.95. The summed E-state index contributed by atoms with van der Waals surface area (Å²) >= 11 is 0. The number of hydrogen-bond acceptors (Lipinski definition) is 15. The average molecular weight is 1230 g/mol. The molecule has 0 saturated carbocycles. The Hall–Kier alpha value is -1.94. The van der Waals surface area contributed by atoms with Gasteiger partial charge in [-0.2, -0.15) is 0 Å². The zero-order valence-electron chi connectivity index (χ0n) is 53.6. The van der Waals surface area contributed by atoms with Gasteiger partial charge in [-0.15, -0.1) is 0 Å². The molecule has 4 unspecified atom stereocenters. The fourth-order valence-corrected chi connectivity index (χ4v) is 11.0. The third-order valence-electron chi connectivity index (χ3n) is 15.4. The third-order valence-corrected chi connectivity index (χ3v) is 17.3. The van der Waals surface area contributed by atoms with Crippen LogP contribution in [-0.4, -0.2) is 96.7 Å². The van der Waals surface area contributed by atoms with Crippen LogP contribution >= 0.6 is 15.6 Å². The summed E-state index contributed by atoms with van der Waals surface area (Å²) in [5, 5.41) is 10.5. The normalized spacial score (nSPS) is 15.0. The monoisotopic (exact) mass is 1230 g/mol. The molecule has 0 aliphatic rings. The van der Waals surface area contributed by atoms with E-state index in [-0.39, 0.29) is 25.7 Å². The Kier molecular flexibility index (Phi) is 54.1. The molecule has 0 radical (unpaired) electrons. The van der Waals surface area contributed by atoms with E-state index in [2.05, 4.69) is 48.5 Å². The lowest BCUT2D eigenvalue weighted by Crippen LogP contribution is -2.30. The summed E-state index contributed by atoms with van der Waals surface area (Å²) in [4.78, 5) is 72.2. The molecular weight excluding hydrogens is 1100 g/mol. The van der Waals surface area contributed by atoms with Crippen LogP contribution in [0.25, 0.3) is 0 Å². The zero-order chi connectivity index (χ0) is 61.7. The molecule has 3 N–H and O–H groups in total. The van der Waals surface area contributed by atoms with Gasteiger partial charge in [-0.1, -0.05) is 260 Å². The Morgan fingerprint density at radius 3 is 0.916 bits per heavy atom. The van der Waals surface area contributed by atoms with E-state index in [1.54, 1.807) is 0 Å². The maximum Gasteiger partial charge on any atom is 0.472 e. The van der Waals surface area contributed by atoms with Crippen LogP contribution in [0.3, 0.4) is 0 Å². The molecule has 0 fully saturated rings. The van der Waals surface area contributed by atoms with Crippen molar-refractivity contribution >= 4 is 39.5 Å². The molecule has 17 nitrogen and oxygen atoms in total. The SMILES string of the molecule is CCCCCCCCCCC(=O)OC[C@H](COP(=O)(O)OC[C@H](O)COP(=O)(O)OC[C@@H](COC(=O)CCCCCCCCCCC(C)CC)OC(=O)CCCCCCCCCCC(C)CC)OC(=O)CCCCCCCCCCC(C)C. The first-order valence-corrected chi connectivity index (χ1v) is 36.4. The summed E-state index contributed by atoms with van der Waals surface area (Å²) in [5.41, 5.74) is 0. The zero-order valence-corrected chi connectivity index (χ0v) is 55.4. The Bertz CT molecular complexity index is 1650.